The molecule has 0 unspecified atom stereocenters. The lowest BCUT2D eigenvalue weighted by Crippen LogP contribution is -2.52. The van der Waals surface area contributed by atoms with Crippen LogP contribution >= 0.6 is 0 Å². The number of aromatic nitrogens is 2. The van der Waals surface area contributed by atoms with Gasteiger partial charge in [-0.2, -0.15) is 0 Å². The molecule has 24 heavy (non-hydrogen) atoms. The molecule has 7 heteroatoms. The van der Waals surface area contributed by atoms with E-state index in [2.05, 4.69) is 16.8 Å². The summed E-state index contributed by atoms with van der Waals surface area (Å²) in [4.78, 5) is 35.4. The van der Waals surface area contributed by atoms with Crippen LogP contribution in [0.15, 0.2) is 12.4 Å². The predicted molar refractivity (Wildman–Crippen MR) is 90.1 cm³/mol. The zero-order chi connectivity index (χ0) is 17.3. The number of aryl methyl sites for hydroxylation is 1. The van der Waals surface area contributed by atoms with E-state index in [0.717, 1.165) is 25.5 Å². The summed E-state index contributed by atoms with van der Waals surface area (Å²) in [6, 6.07) is 0.118. The number of carbonyl (C=O) groups excluding carboxylic acids is 2. The third kappa shape index (κ3) is 3.05. The average molecular weight is 333 g/mol. The van der Waals surface area contributed by atoms with Gasteiger partial charge in [-0.15, -0.1) is 0 Å². The molecule has 1 aromatic heterocycles. The maximum absolute atomic E-state index is 12.9. The number of imidazole rings is 1. The molecule has 2 saturated heterocycles. The normalized spacial score (nSPS) is 25.5. The molecule has 3 rings (SSSR count). The number of amides is 2. The van der Waals surface area contributed by atoms with Crippen LogP contribution in [0.1, 0.15) is 32.1 Å². The zero-order valence-corrected chi connectivity index (χ0v) is 14.8. The standard InChI is InChI=1S/C17H27N5O2/c1-4-20-8-9-22(12-14(20)16-18-6-7-19(16)3)17(24)13-10-15(23)21(5-2)11-13/h6-7,13-14H,4-5,8-12H2,1-3H3/t13-,14+/m1/s1. The Morgan fingerprint density at radius 3 is 2.62 bits per heavy atom. The number of likely N-dealkylation sites (tertiary alicyclic amines) is 1. The van der Waals surface area contributed by atoms with E-state index in [1.807, 2.05) is 29.6 Å². The first kappa shape index (κ1) is 17.0. The van der Waals surface area contributed by atoms with E-state index in [9.17, 15) is 9.59 Å². The number of hydrogen-bond donors (Lipinski definition) is 0. The van der Waals surface area contributed by atoms with E-state index in [1.54, 1.807) is 11.1 Å². The predicted octanol–water partition coefficient (Wildman–Crippen LogP) is 0.494. The first-order valence-corrected chi connectivity index (χ1v) is 8.83. The molecule has 3 heterocycles. The second-order valence-electron chi connectivity index (χ2n) is 6.66. The molecule has 0 bridgehead atoms. The Labute approximate surface area is 143 Å². The van der Waals surface area contributed by atoms with E-state index in [-0.39, 0.29) is 23.8 Å². The van der Waals surface area contributed by atoms with Gasteiger partial charge < -0.3 is 14.4 Å². The highest BCUT2D eigenvalue weighted by atomic mass is 16.2. The molecule has 2 aliphatic heterocycles. The summed E-state index contributed by atoms with van der Waals surface area (Å²) in [5.41, 5.74) is 0. The highest BCUT2D eigenvalue weighted by Gasteiger charge is 2.39. The Hall–Kier alpha value is -1.89. The molecular weight excluding hydrogens is 306 g/mol. The maximum Gasteiger partial charge on any atom is 0.228 e. The maximum atomic E-state index is 12.9. The van der Waals surface area contributed by atoms with E-state index in [1.165, 1.54) is 0 Å². The van der Waals surface area contributed by atoms with Gasteiger partial charge >= 0.3 is 0 Å². The van der Waals surface area contributed by atoms with Crippen molar-refractivity contribution in [2.24, 2.45) is 13.0 Å². The molecule has 0 radical (unpaired) electrons. The molecule has 2 aliphatic rings. The van der Waals surface area contributed by atoms with Crippen LogP contribution < -0.4 is 0 Å². The Morgan fingerprint density at radius 1 is 1.25 bits per heavy atom. The topological polar surface area (TPSA) is 61.7 Å². The van der Waals surface area contributed by atoms with E-state index in [4.69, 9.17) is 0 Å². The largest absolute Gasteiger partial charge is 0.342 e. The van der Waals surface area contributed by atoms with Crippen molar-refractivity contribution in [1.82, 2.24) is 24.3 Å². The van der Waals surface area contributed by atoms with Crippen molar-refractivity contribution in [3.05, 3.63) is 18.2 Å². The molecule has 132 valence electrons. The van der Waals surface area contributed by atoms with Crippen LogP contribution in [0, 0.1) is 5.92 Å². The minimum Gasteiger partial charge on any atom is -0.342 e. The minimum atomic E-state index is -0.187. The first-order valence-electron chi connectivity index (χ1n) is 8.83. The fourth-order valence-electron chi connectivity index (χ4n) is 3.84. The van der Waals surface area contributed by atoms with Crippen molar-refractivity contribution in [2.75, 3.05) is 39.3 Å². The Bertz CT molecular complexity index is 614. The smallest absolute Gasteiger partial charge is 0.228 e. The van der Waals surface area contributed by atoms with Crippen LogP contribution in [0.25, 0.3) is 0 Å². The number of piperazine rings is 1. The number of likely N-dealkylation sites (N-methyl/N-ethyl adjacent to an activating group) is 1. The van der Waals surface area contributed by atoms with Gasteiger partial charge in [0.15, 0.2) is 0 Å². The fraction of sp³-hybridized carbons (Fsp3) is 0.706. The molecular formula is C17H27N5O2. The summed E-state index contributed by atoms with van der Waals surface area (Å²) >= 11 is 0. The van der Waals surface area contributed by atoms with Crippen molar-refractivity contribution < 1.29 is 9.59 Å². The number of nitrogens with zero attached hydrogens (tertiary/aromatic N) is 5. The van der Waals surface area contributed by atoms with Crippen LogP contribution in [0.5, 0.6) is 0 Å². The van der Waals surface area contributed by atoms with Gasteiger partial charge in [-0.05, 0) is 13.5 Å². The van der Waals surface area contributed by atoms with Crippen molar-refractivity contribution >= 4 is 11.8 Å². The molecule has 0 saturated carbocycles. The molecule has 1 aromatic rings. The van der Waals surface area contributed by atoms with Gasteiger partial charge in [0.2, 0.25) is 11.8 Å². The summed E-state index contributed by atoms with van der Waals surface area (Å²) in [7, 11) is 1.99. The van der Waals surface area contributed by atoms with Crippen molar-refractivity contribution in [3.63, 3.8) is 0 Å². The summed E-state index contributed by atoms with van der Waals surface area (Å²) in [6.45, 7) is 8.50. The average Bonchev–Trinajstić information content (AvgIpc) is 3.19. The van der Waals surface area contributed by atoms with Gasteiger partial charge in [0.05, 0.1) is 12.0 Å². The second kappa shape index (κ2) is 6.93. The lowest BCUT2D eigenvalue weighted by atomic mass is 10.0. The van der Waals surface area contributed by atoms with Gasteiger partial charge in [-0.25, -0.2) is 4.98 Å². The molecule has 2 fully saturated rings. The summed E-state index contributed by atoms with van der Waals surface area (Å²) in [5, 5.41) is 0. The SMILES string of the molecule is CCN1C[C@H](C(=O)N2CCN(CC)[C@H](c3nccn3C)C2)CC1=O. The molecule has 2 atom stereocenters. The fourth-order valence-corrected chi connectivity index (χ4v) is 3.84. The number of carbonyl (C=O) groups is 2. The van der Waals surface area contributed by atoms with Crippen molar-refractivity contribution in [3.8, 4) is 0 Å². The number of hydrogen-bond acceptors (Lipinski definition) is 4. The molecule has 7 nitrogen and oxygen atoms in total. The third-order valence-corrected chi connectivity index (χ3v) is 5.31. The Balaban J connectivity index is 1.72. The van der Waals surface area contributed by atoms with E-state index >= 15 is 0 Å². The summed E-state index contributed by atoms with van der Waals surface area (Å²) in [5.74, 6) is 1.03. The molecule has 0 spiro atoms. The minimum absolute atomic E-state index is 0.101. The van der Waals surface area contributed by atoms with E-state index < -0.39 is 0 Å². The highest BCUT2D eigenvalue weighted by Crippen LogP contribution is 2.27. The van der Waals surface area contributed by atoms with Gasteiger partial charge in [-0.3, -0.25) is 14.5 Å². The Morgan fingerprint density at radius 2 is 2.04 bits per heavy atom. The second-order valence-corrected chi connectivity index (χ2v) is 6.66. The zero-order valence-electron chi connectivity index (χ0n) is 14.8. The van der Waals surface area contributed by atoms with Gasteiger partial charge in [-0.1, -0.05) is 6.92 Å². The molecule has 2 amide bonds. The molecule has 0 N–H and O–H groups in total. The summed E-state index contributed by atoms with van der Waals surface area (Å²) in [6.07, 6.45) is 4.10. The Kier molecular flexibility index (Phi) is 4.89. The van der Waals surface area contributed by atoms with Crippen LogP contribution in [0.2, 0.25) is 0 Å². The van der Waals surface area contributed by atoms with Gasteiger partial charge in [0.25, 0.3) is 0 Å². The van der Waals surface area contributed by atoms with Crippen molar-refractivity contribution in [2.45, 2.75) is 26.3 Å². The number of rotatable bonds is 4. The highest BCUT2D eigenvalue weighted by molar-refractivity contribution is 5.89. The van der Waals surface area contributed by atoms with Crippen molar-refractivity contribution in [1.29, 1.82) is 0 Å². The van der Waals surface area contributed by atoms with Crippen LogP contribution in [-0.4, -0.2) is 75.3 Å². The van der Waals surface area contributed by atoms with Gasteiger partial charge in [0.1, 0.15) is 5.82 Å². The molecule has 0 aromatic carbocycles. The molecule has 0 aliphatic carbocycles. The first-order chi connectivity index (χ1) is 11.5. The van der Waals surface area contributed by atoms with Crippen LogP contribution in [-0.2, 0) is 16.6 Å². The van der Waals surface area contributed by atoms with Crippen LogP contribution in [0.4, 0.5) is 0 Å². The quantitative estimate of drug-likeness (QED) is 0.805. The summed E-state index contributed by atoms with van der Waals surface area (Å²) < 4.78 is 2.03. The monoisotopic (exact) mass is 333 g/mol. The van der Waals surface area contributed by atoms with Crippen LogP contribution in [0.3, 0.4) is 0 Å². The van der Waals surface area contributed by atoms with Gasteiger partial charge in [0, 0.05) is 58.6 Å². The lowest BCUT2D eigenvalue weighted by molar-refractivity contribution is -0.139. The van der Waals surface area contributed by atoms with E-state index in [0.29, 0.717) is 26.1 Å². The lowest BCUT2D eigenvalue weighted by Gasteiger charge is -2.41. The third-order valence-electron chi connectivity index (χ3n) is 5.31.